The molecule has 6 nitrogen and oxygen atoms in total. The van der Waals surface area contributed by atoms with Crippen molar-refractivity contribution in [3.8, 4) is 11.5 Å². The average Bonchev–Trinajstić information content (AvgIpc) is 3.36. The first-order chi connectivity index (χ1) is 16.9. The molecule has 1 aromatic heterocycles. The van der Waals surface area contributed by atoms with E-state index >= 15 is 0 Å². The van der Waals surface area contributed by atoms with Gasteiger partial charge in [0.1, 0.15) is 23.9 Å². The minimum Gasteiger partial charge on any atom is -0.497 e. The summed E-state index contributed by atoms with van der Waals surface area (Å²) in [4.78, 5) is 31.5. The summed E-state index contributed by atoms with van der Waals surface area (Å²) in [6.07, 6.45) is 2.33. The van der Waals surface area contributed by atoms with Crippen LogP contribution in [0.2, 0.25) is 0 Å². The molecule has 4 rings (SSSR count). The maximum atomic E-state index is 13.6. The van der Waals surface area contributed by atoms with Crippen molar-refractivity contribution in [2.24, 2.45) is 0 Å². The molecule has 0 bridgehead atoms. The van der Waals surface area contributed by atoms with Crippen LogP contribution in [0.25, 0.3) is 0 Å². The van der Waals surface area contributed by atoms with Crippen molar-refractivity contribution in [3.63, 3.8) is 0 Å². The van der Waals surface area contributed by atoms with Crippen LogP contribution in [0.3, 0.4) is 0 Å². The molecule has 2 heterocycles. The molecule has 35 heavy (non-hydrogen) atoms. The van der Waals surface area contributed by atoms with E-state index in [2.05, 4.69) is 6.58 Å². The van der Waals surface area contributed by atoms with Crippen molar-refractivity contribution in [2.45, 2.75) is 12.5 Å². The molecule has 8 heteroatoms. The maximum Gasteiger partial charge on any atom is 0.254 e. The number of halogens is 1. The van der Waals surface area contributed by atoms with Crippen LogP contribution >= 0.6 is 11.3 Å². The molecule has 2 amide bonds. The number of rotatable bonds is 8. The zero-order valence-corrected chi connectivity index (χ0v) is 20.5. The van der Waals surface area contributed by atoms with Crippen molar-refractivity contribution in [1.29, 1.82) is 0 Å². The molecule has 1 aliphatic rings. The van der Waals surface area contributed by atoms with Gasteiger partial charge in [0.15, 0.2) is 0 Å². The van der Waals surface area contributed by atoms with Crippen LogP contribution in [-0.4, -0.2) is 55.5 Å². The van der Waals surface area contributed by atoms with Crippen molar-refractivity contribution >= 4 is 23.2 Å². The fourth-order valence-electron chi connectivity index (χ4n) is 4.33. The predicted molar refractivity (Wildman–Crippen MR) is 134 cm³/mol. The Morgan fingerprint density at radius 2 is 1.83 bits per heavy atom. The first kappa shape index (κ1) is 24.5. The van der Waals surface area contributed by atoms with Crippen LogP contribution in [0, 0.1) is 5.82 Å². The van der Waals surface area contributed by atoms with Gasteiger partial charge in [-0.2, -0.15) is 0 Å². The summed E-state index contributed by atoms with van der Waals surface area (Å²) in [5, 5.41) is 2.01. The van der Waals surface area contributed by atoms with E-state index in [1.165, 1.54) is 36.1 Å². The lowest BCUT2D eigenvalue weighted by molar-refractivity contribution is -0.133. The van der Waals surface area contributed by atoms with Gasteiger partial charge in [-0.15, -0.1) is 17.9 Å². The standard InChI is InChI=1S/C27H27FN2O4S/c1-4-11-29(27(32)19-14-21(33-2)16-22(15-19)34-3)17-25(31)30-12-9-24-23(10-13-35-24)26(30)18-5-7-20(28)8-6-18/h4-8,10,13-16,26H,1,9,11-12,17H2,2-3H3. The number of methoxy groups -OCH3 is 2. The quantitative estimate of drug-likeness (QED) is 0.426. The van der Waals surface area contributed by atoms with Gasteiger partial charge in [0.2, 0.25) is 5.91 Å². The van der Waals surface area contributed by atoms with Gasteiger partial charge < -0.3 is 19.3 Å². The fraction of sp³-hybridized carbons (Fsp3) is 0.259. The Morgan fingerprint density at radius 1 is 1.14 bits per heavy atom. The average molecular weight is 495 g/mol. The molecule has 3 aromatic rings. The fourth-order valence-corrected chi connectivity index (χ4v) is 5.24. The van der Waals surface area contributed by atoms with E-state index in [1.807, 2.05) is 11.4 Å². The largest absolute Gasteiger partial charge is 0.497 e. The summed E-state index contributed by atoms with van der Waals surface area (Å²) in [5.41, 5.74) is 2.23. The first-order valence-electron chi connectivity index (χ1n) is 11.2. The SMILES string of the molecule is C=CCN(CC(=O)N1CCc2sccc2C1c1ccc(F)cc1)C(=O)c1cc(OC)cc(OC)c1. The molecular weight excluding hydrogens is 467 g/mol. The minimum atomic E-state index is -0.337. The second kappa shape index (κ2) is 10.7. The van der Waals surface area contributed by atoms with Crippen LogP contribution in [0.1, 0.15) is 32.4 Å². The van der Waals surface area contributed by atoms with E-state index < -0.39 is 0 Å². The normalized spacial score (nSPS) is 14.7. The third-order valence-corrected chi connectivity index (χ3v) is 7.03. The van der Waals surface area contributed by atoms with Crippen LogP contribution in [0.15, 0.2) is 66.6 Å². The highest BCUT2D eigenvalue weighted by molar-refractivity contribution is 7.10. The number of thiophene rings is 1. The smallest absolute Gasteiger partial charge is 0.254 e. The highest BCUT2D eigenvalue weighted by Gasteiger charge is 2.34. The Kier molecular flexibility index (Phi) is 7.51. The van der Waals surface area contributed by atoms with Crippen LogP contribution in [0.4, 0.5) is 4.39 Å². The Hall–Kier alpha value is -3.65. The number of nitrogens with zero attached hydrogens (tertiary/aromatic N) is 2. The lowest BCUT2D eigenvalue weighted by Gasteiger charge is -2.37. The molecular formula is C27H27FN2O4S. The van der Waals surface area contributed by atoms with E-state index in [0.717, 1.165) is 17.5 Å². The number of ether oxygens (including phenoxy) is 2. The molecule has 1 unspecified atom stereocenters. The van der Waals surface area contributed by atoms with Gasteiger partial charge >= 0.3 is 0 Å². The summed E-state index contributed by atoms with van der Waals surface area (Å²) in [6, 6.07) is 12.8. The summed E-state index contributed by atoms with van der Waals surface area (Å²) >= 11 is 1.66. The third-order valence-electron chi connectivity index (χ3n) is 6.03. The first-order valence-corrected chi connectivity index (χ1v) is 12.1. The van der Waals surface area contributed by atoms with E-state index in [0.29, 0.717) is 23.6 Å². The minimum absolute atomic E-state index is 0.123. The summed E-state index contributed by atoms with van der Waals surface area (Å²) in [5.74, 6) is 0.109. The van der Waals surface area contributed by atoms with Crippen LogP contribution in [0.5, 0.6) is 11.5 Å². The molecule has 0 saturated carbocycles. The number of carbonyl (C=O) groups is 2. The van der Waals surface area contributed by atoms with Gasteiger partial charge in [-0.3, -0.25) is 9.59 Å². The monoisotopic (exact) mass is 494 g/mol. The maximum absolute atomic E-state index is 13.6. The molecule has 2 aromatic carbocycles. The van der Waals surface area contributed by atoms with E-state index in [1.54, 1.807) is 52.6 Å². The number of fused-ring (bicyclic) bond motifs is 1. The van der Waals surface area contributed by atoms with Crippen molar-refractivity contribution in [3.05, 3.63) is 94.0 Å². The lowest BCUT2D eigenvalue weighted by Crippen LogP contribution is -2.46. The Bertz CT molecular complexity index is 1200. The number of amides is 2. The van der Waals surface area contributed by atoms with Crippen molar-refractivity contribution < 1.29 is 23.5 Å². The molecule has 0 aliphatic carbocycles. The number of benzene rings is 2. The van der Waals surface area contributed by atoms with Gasteiger partial charge in [0, 0.05) is 29.6 Å². The molecule has 0 saturated heterocycles. The number of hydrogen-bond donors (Lipinski definition) is 0. The van der Waals surface area contributed by atoms with E-state index in [9.17, 15) is 14.0 Å². The Labute approximate surface area is 208 Å². The molecule has 1 aliphatic heterocycles. The molecule has 0 N–H and O–H groups in total. The zero-order valence-electron chi connectivity index (χ0n) is 19.7. The summed E-state index contributed by atoms with van der Waals surface area (Å²) in [6.45, 7) is 4.34. The van der Waals surface area contributed by atoms with Crippen molar-refractivity contribution in [1.82, 2.24) is 9.80 Å². The number of carbonyl (C=O) groups excluding carboxylic acids is 2. The molecule has 0 radical (unpaired) electrons. The molecule has 1 atom stereocenters. The lowest BCUT2D eigenvalue weighted by atomic mass is 9.93. The number of hydrogen-bond acceptors (Lipinski definition) is 5. The van der Waals surface area contributed by atoms with Crippen molar-refractivity contribution in [2.75, 3.05) is 33.9 Å². The zero-order chi connectivity index (χ0) is 24.9. The van der Waals surface area contributed by atoms with Gasteiger partial charge in [0.05, 0.1) is 20.3 Å². The highest BCUT2D eigenvalue weighted by Crippen LogP contribution is 2.38. The summed E-state index contributed by atoms with van der Waals surface area (Å²) in [7, 11) is 3.03. The second-order valence-electron chi connectivity index (χ2n) is 8.17. The van der Waals surface area contributed by atoms with Crippen LogP contribution in [-0.2, 0) is 11.2 Å². The second-order valence-corrected chi connectivity index (χ2v) is 9.17. The predicted octanol–water partition coefficient (Wildman–Crippen LogP) is 4.71. The Balaban J connectivity index is 1.62. The molecule has 182 valence electrons. The van der Waals surface area contributed by atoms with E-state index in [4.69, 9.17) is 9.47 Å². The van der Waals surface area contributed by atoms with Crippen LogP contribution < -0.4 is 9.47 Å². The van der Waals surface area contributed by atoms with Gasteiger partial charge in [0.25, 0.3) is 5.91 Å². The highest BCUT2D eigenvalue weighted by atomic mass is 32.1. The Morgan fingerprint density at radius 3 is 2.46 bits per heavy atom. The van der Waals surface area contributed by atoms with E-state index in [-0.39, 0.29) is 36.8 Å². The van der Waals surface area contributed by atoms with Gasteiger partial charge in [-0.05, 0) is 53.3 Å². The molecule has 0 spiro atoms. The van der Waals surface area contributed by atoms with Gasteiger partial charge in [-0.25, -0.2) is 4.39 Å². The summed E-state index contributed by atoms with van der Waals surface area (Å²) < 4.78 is 24.2. The third kappa shape index (κ3) is 5.22. The topological polar surface area (TPSA) is 59.1 Å². The van der Waals surface area contributed by atoms with Gasteiger partial charge in [-0.1, -0.05) is 18.2 Å². The molecule has 0 fully saturated rings.